The Kier molecular flexibility index (Phi) is 24.0. The maximum Gasteiger partial charge on any atom is 0.337 e. The van der Waals surface area contributed by atoms with Crippen molar-refractivity contribution in [2.24, 2.45) is 11.7 Å². The summed E-state index contributed by atoms with van der Waals surface area (Å²) in [5.41, 5.74) is 8.67. The van der Waals surface area contributed by atoms with Crippen LogP contribution < -0.4 is 21.7 Å². The fourth-order valence-electron chi connectivity index (χ4n) is 12.4. The molecule has 1 aliphatic rings. The van der Waals surface area contributed by atoms with Gasteiger partial charge in [-0.15, -0.1) is 11.3 Å². The molecule has 89 heavy (non-hydrogen) atoms. The molecule has 1 heterocycles. The van der Waals surface area contributed by atoms with Gasteiger partial charge in [0.15, 0.2) is 0 Å². The van der Waals surface area contributed by atoms with E-state index < -0.39 is 76.0 Å². The first-order chi connectivity index (χ1) is 42.3. The van der Waals surface area contributed by atoms with Crippen LogP contribution in [0.3, 0.4) is 0 Å². The van der Waals surface area contributed by atoms with Crippen LogP contribution in [0, 0.1) is 43.0 Å². The number of amides is 2. The predicted octanol–water partition coefficient (Wildman–Crippen LogP) is 14.9. The molecule has 7 N–H and O–H groups in total. The number of aromatic carboxylic acids is 2. The van der Waals surface area contributed by atoms with Gasteiger partial charge in [-0.3, -0.25) is 9.59 Å². The SMILES string of the molecule is CCCN(CCC)C(=O)c1cc(C)cc(C(=O)O)c1Nc1c(C)c(C(CNC2(c3cnc(CC(C)C)s3)CC2)[C@@H](N)Cc2cc(F)cc(F)c2)c(C(=O)O)c([C@@H](CCc2cc(F)cc(F)c2)CNC(C)(C)c2cccc(CC)c2)c1C(=O)N(CCC)CCC. The molecule has 1 unspecified atom stereocenters. The Hall–Kier alpha value is -6.99. The quantitative estimate of drug-likeness (QED) is 0.0215. The number of hydrogen-bond donors (Lipinski definition) is 6. The Labute approximate surface area is 527 Å². The Morgan fingerprint density at radius 3 is 1.81 bits per heavy atom. The van der Waals surface area contributed by atoms with Crippen molar-refractivity contribution in [3.63, 3.8) is 0 Å². The maximum atomic E-state index is 16.5. The van der Waals surface area contributed by atoms with Gasteiger partial charge in [0.2, 0.25) is 0 Å². The van der Waals surface area contributed by atoms with Crippen molar-refractivity contribution >= 4 is 46.5 Å². The molecule has 7 rings (SSSR count). The van der Waals surface area contributed by atoms with Crippen molar-refractivity contribution < 1.29 is 47.0 Å². The molecular weight excluding hydrogens is 1150 g/mol. The molecule has 5 aromatic carbocycles. The van der Waals surface area contributed by atoms with Crippen LogP contribution in [0.5, 0.6) is 0 Å². The number of thiazole rings is 1. The summed E-state index contributed by atoms with van der Waals surface area (Å²) in [6.07, 6.45) is 6.83. The molecule has 480 valence electrons. The van der Waals surface area contributed by atoms with Crippen LogP contribution in [0.4, 0.5) is 28.9 Å². The molecule has 1 fully saturated rings. The first-order valence-electron chi connectivity index (χ1n) is 31.7. The Morgan fingerprint density at radius 1 is 0.697 bits per heavy atom. The minimum absolute atomic E-state index is 0.00463. The average Bonchev–Trinajstić information content (AvgIpc) is 1.54. The van der Waals surface area contributed by atoms with Crippen LogP contribution in [0.25, 0.3) is 0 Å². The Morgan fingerprint density at radius 2 is 1.27 bits per heavy atom. The lowest BCUT2D eigenvalue weighted by atomic mass is 9.74. The van der Waals surface area contributed by atoms with Crippen LogP contribution in [0.2, 0.25) is 0 Å². The molecular formula is C71H91F4N7O6S. The maximum absolute atomic E-state index is 16.5. The van der Waals surface area contributed by atoms with E-state index in [1.807, 2.05) is 65.9 Å². The van der Waals surface area contributed by atoms with Gasteiger partial charge in [-0.05, 0) is 185 Å². The van der Waals surface area contributed by atoms with Crippen LogP contribution >= 0.6 is 11.3 Å². The summed E-state index contributed by atoms with van der Waals surface area (Å²) in [6, 6.07) is 16.4. The molecule has 0 aliphatic heterocycles. The van der Waals surface area contributed by atoms with Crippen molar-refractivity contribution in [1.29, 1.82) is 0 Å². The minimum atomic E-state index is -1.43. The molecule has 0 spiro atoms. The number of carboxylic acid groups (broad SMARTS) is 2. The molecule has 3 atom stereocenters. The van der Waals surface area contributed by atoms with Gasteiger partial charge >= 0.3 is 11.9 Å². The van der Waals surface area contributed by atoms with Gasteiger partial charge < -0.3 is 41.7 Å². The standard InChI is InChI=1S/C71H91F4N7O6S/c1-12-24-81(25-13-2)66(83)54-29-43(8)30-55(68(85)86)65(54)80-64-44(9)60(56(57(76)36-47-34-52(74)38-53(75)35-47)40-79-71(22-23-71)58-41-77-59(89-58)28-42(6)7)62(69(87)88)61(63(64)67(84)82(26-14-3)27-15-4)48(21-20-46-32-50(72)37-51(73)33-46)39-78-70(10,11)49-19-17-18-45(16-5)31-49/h17-19,29-35,37-38,41-42,48,56-57,78-80H,12-16,20-28,36,39-40,76H2,1-11H3,(H,85,86)(H,87,88)/t48-,56?,57-/m0/s1. The van der Waals surface area contributed by atoms with Crippen molar-refractivity contribution in [2.45, 2.75) is 176 Å². The van der Waals surface area contributed by atoms with Gasteiger partial charge in [-0.1, -0.05) is 72.7 Å². The zero-order chi connectivity index (χ0) is 65.1. The van der Waals surface area contributed by atoms with E-state index in [0.29, 0.717) is 63.1 Å². The zero-order valence-corrected chi connectivity index (χ0v) is 54.5. The van der Waals surface area contributed by atoms with Gasteiger partial charge in [0, 0.05) is 86.4 Å². The number of nitrogens with two attached hydrogens (primary N) is 1. The van der Waals surface area contributed by atoms with Gasteiger partial charge in [0.05, 0.1) is 44.2 Å². The zero-order valence-electron chi connectivity index (χ0n) is 53.7. The predicted molar refractivity (Wildman–Crippen MR) is 347 cm³/mol. The number of carbonyl (C=O) groups excluding carboxylic acids is 2. The van der Waals surface area contributed by atoms with E-state index in [2.05, 4.69) is 42.8 Å². The number of carboxylic acids is 2. The average molecular weight is 1250 g/mol. The lowest BCUT2D eigenvalue weighted by molar-refractivity contribution is 0.0683. The lowest BCUT2D eigenvalue weighted by Gasteiger charge is -2.36. The van der Waals surface area contributed by atoms with E-state index >= 15 is 31.9 Å². The van der Waals surface area contributed by atoms with E-state index in [1.165, 1.54) is 30.3 Å². The topological polar surface area (TPSA) is 190 Å². The largest absolute Gasteiger partial charge is 0.478 e. The summed E-state index contributed by atoms with van der Waals surface area (Å²) >= 11 is 1.59. The highest BCUT2D eigenvalue weighted by Crippen LogP contribution is 2.50. The van der Waals surface area contributed by atoms with Crippen LogP contribution in [-0.2, 0) is 36.8 Å². The van der Waals surface area contributed by atoms with Crippen LogP contribution in [0.15, 0.2) is 79.0 Å². The second-order valence-electron chi connectivity index (χ2n) is 25.1. The Bertz CT molecular complexity index is 3440. The smallest absolute Gasteiger partial charge is 0.337 e. The van der Waals surface area contributed by atoms with Crippen LogP contribution in [0.1, 0.15) is 215 Å². The highest BCUT2D eigenvalue weighted by atomic mass is 32.1. The molecule has 1 saturated carbocycles. The van der Waals surface area contributed by atoms with Gasteiger partial charge in [-0.25, -0.2) is 32.1 Å². The third-order valence-corrected chi connectivity index (χ3v) is 18.3. The number of nitrogens with zero attached hydrogens (tertiary/aromatic N) is 3. The molecule has 1 aliphatic carbocycles. The second kappa shape index (κ2) is 30.7. The van der Waals surface area contributed by atoms with Crippen molar-refractivity contribution in [1.82, 2.24) is 25.4 Å². The summed E-state index contributed by atoms with van der Waals surface area (Å²) in [4.78, 5) is 69.9. The molecule has 6 aromatic rings. The van der Waals surface area contributed by atoms with E-state index in [0.717, 1.165) is 46.0 Å². The molecule has 0 saturated heterocycles. The normalized spacial score (nSPS) is 13.9. The van der Waals surface area contributed by atoms with E-state index in [1.54, 1.807) is 41.1 Å². The summed E-state index contributed by atoms with van der Waals surface area (Å²) < 4.78 is 61.1. The number of nitrogens with one attached hydrogen (secondary N) is 3. The van der Waals surface area contributed by atoms with Crippen molar-refractivity contribution in [3.8, 4) is 0 Å². The summed E-state index contributed by atoms with van der Waals surface area (Å²) in [5, 5.41) is 35.7. The third kappa shape index (κ3) is 17.1. The lowest BCUT2D eigenvalue weighted by Crippen LogP contribution is -2.43. The minimum Gasteiger partial charge on any atom is -0.478 e. The summed E-state index contributed by atoms with van der Waals surface area (Å²) in [7, 11) is 0. The monoisotopic (exact) mass is 1250 g/mol. The number of aryl methyl sites for hydroxylation is 3. The fraction of sp³-hybridized carbons (Fsp3) is 0.479. The fourth-order valence-corrected chi connectivity index (χ4v) is 13.8. The summed E-state index contributed by atoms with van der Waals surface area (Å²) in [5.74, 6) is -8.87. The highest BCUT2D eigenvalue weighted by molar-refractivity contribution is 7.11. The number of halogens is 4. The molecule has 1 aromatic heterocycles. The number of hydrogen-bond acceptors (Lipinski definition) is 10. The Balaban J connectivity index is 1.65. The first kappa shape index (κ1) is 69.5. The van der Waals surface area contributed by atoms with Crippen LogP contribution in [-0.4, -0.2) is 94.1 Å². The van der Waals surface area contributed by atoms with Gasteiger partial charge in [-0.2, -0.15) is 0 Å². The van der Waals surface area contributed by atoms with E-state index in [9.17, 15) is 15.0 Å². The molecule has 2 amide bonds. The molecule has 0 bridgehead atoms. The summed E-state index contributed by atoms with van der Waals surface area (Å²) in [6.45, 7) is 22.5. The number of aromatic nitrogens is 1. The molecule has 0 radical (unpaired) electrons. The van der Waals surface area contributed by atoms with Gasteiger partial charge in [0.25, 0.3) is 11.8 Å². The number of carbonyl (C=O) groups is 4. The van der Waals surface area contributed by atoms with Crippen molar-refractivity contribution in [2.75, 3.05) is 44.6 Å². The molecule has 13 nitrogen and oxygen atoms in total. The molecule has 18 heteroatoms. The third-order valence-electron chi connectivity index (χ3n) is 17.1. The highest BCUT2D eigenvalue weighted by Gasteiger charge is 2.47. The number of anilines is 2. The van der Waals surface area contributed by atoms with E-state index in [4.69, 9.17) is 10.7 Å². The van der Waals surface area contributed by atoms with E-state index in [-0.39, 0.29) is 107 Å². The van der Waals surface area contributed by atoms with Crippen molar-refractivity contribution in [3.05, 3.63) is 179 Å². The second-order valence-corrected chi connectivity index (χ2v) is 26.3. The first-order valence-corrected chi connectivity index (χ1v) is 32.5. The van der Waals surface area contributed by atoms with Gasteiger partial charge in [0.1, 0.15) is 23.3 Å². The number of benzene rings is 5. The number of rotatable bonds is 33.